The molecule has 0 spiro atoms. The lowest BCUT2D eigenvalue weighted by molar-refractivity contribution is 0.0852. The second-order valence-corrected chi connectivity index (χ2v) is 4.97. The topological polar surface area (TPSA) is 12.0 Å². The van der Waals surface area contributed by atoms with Gasteiger partial charge in [-0.3, -0.25) is 0 Å². The Balaban J connectivity index is 2.05. The van der Waals surface area contributed by atoms with E-state index in [0.29, 0.717) is 5.41 Å². The molecule has 0 radical (unpaired) electrons. The second kappa shape index (κ2) is 2.25. The molecule has 70 valence electrons. The molecule has 0 aromatic heterocycles. The highest BCUT2D eigenvalue weighted by atomic mass is 14.9. The maximum absolute atomic E-state index is 3.31. The Kier molecular flexibility index (Phi) is 1.61. The number of rotatable bonds is 3. The summed E-state index contributed by atoms with van der Waals surface area (Å²) in [5.41, 5.74) is 1.46. The van der Waals surface area contributed by atoms with Gasteiger partial charge in [-0.2, -0.15) is 0 Å². The van der Waals surface area contributed by atoms with Gasteiger partial charge in [0, 0.05) is 0 Å². The van der Waals surface area contributed by atoms with Crippen LogP contribution >= 0.6 is 0 Å². The number of hydrogen-bond donors (Lipinski definition) is 1. The highest BCUT2D eigenvalue weighted by Crippen LogP contribution is 2.85. The van der Waals surface area contributed by atoms with E-state index < -0.39 is 0 Å². The highest BCUT2D eigenvalue weighted by molar-refractivity contribution is 5.28. The fourth-order valence-electron chi connectivity index (χ4n) is 4.09. The highest BCUT2D eigenvalue weighted by Gasteiger charge is 2.79. The normalized spacial score (nSPS) is 56.0. The van der Waals surface area contributed by atoms with Crippen molar-refractivity contribution < 1.29 is 0 Å². The quantitative estimate of drug-likeness (QED) is 0.680. The molecule has 2 aliphatic rings. The smallest absolute Gasteiger partial charge is 0.00178 e. The van der Waals surface area contributed by atoms with E-state index in [1.165, 1.54) is 19.4 Å². The Labute approximate surface area is 75.9 Å². The zero-order valence-electron chi connectivity index (χ0n) is 8.78. The van der Waals surface area contributed by atoms with Crippen LogP contribution in [0, 0.1) is 22.7 Å². The fraction of sp³-hybridized carbons (Fsp3) is 1.00. The summed E-state index contributed by atoms with van der Waals surface area (Å²) in [6.07, 6.45) is 2.87. The van der Waals surface area contributed by atoms with E-state index in [4.69, 9.17) is 0 Å². The van der Waals surface area contributed by atoms with Crippen molar-refractivity contribution in [2.75, 3.05) is 13.6 Å². The van der Waals surface area contributed by atoms with Crippen molar-refractivity contribution in [2.24, 2.45) is 22.7 Å². The van der Waals surface area contributed by atoms with Crippen LogP contribution in [-0.4, -0.2) is 13.6 Å². The van der Waals surface area contributed by atoms with Gasteiger partial charge in [-0.25, -0.2) is 0 Å². The maximum Gasteiger partial charge on any atom is -0.00178 e. The van der Waals surface area contributed by atoms with Crippen molar-refractivity contribution in [3.05, 3.63) is 0 Å². The van der Waals surface area contributed by atoms with Gasteiger partial charge in [0.15, 0.2) is 0 Å². The second-order valence-electron chi connectivity index (χ2n) is 4.97. The van der Waals surface area contributed by atoms with Crippen LogP contribution in [-0.2, 0) is 0 Å². The molecule has 0 amide bonds. The first-order valence-corrected chi connectivity index (χ1v) is 5.28. The molecule has 2 rings (SSSR count). The van der Waals surface area contributed by atoms with Crippen molar-refractivity contribution in [1.82, 2.24) is 5.32 Å². The molecule has 4 unspecified atom stereocenters. The van der Waals surface area contributed by atoms with Gasteiger partial charge >= 0.3 is 0 Å². The van der Waals surface area contributed by atoms with E-state index in [1.807, 2.05) is 0 Å². The molecule has 1 nitrogen and oxygen atoms in total. The minimum Gasteiger partial charge on any atom is -0.319 e. The zero-order chi connectivity index (χ0) is 8.98. The summed E-state index contributed by atoms with van der Waals surface area (Å²) in [6, 6.07) is 0. The van der Waals surface area contributed by atoms with E-state index in [1.54, 1.807) is 0 Å². The van der Waals surface area contributed by atoms with Gasteiger partial charge in [-0.15, -0.1) is 0 Å². The van der Waals surface area contributed by atoms with E-state index in [0.717, 1.165) is 17.3 Å². The molecule has 0 aromatic carbocycles. The molecule has 0 aromatic rings. The monoisotopic (exact) mass is 167 g/mol. The largest absolute Gasteiger partial charge is 0.319 e. The summed E-state index contributed by atoms with van der Waals surface area (Å²) in [4.78, 5) is 0. The summed E-state index contributed by atoms with van der Waals surface area (Å²) >= 11 is 0. The predicted molar refractivity (Wildman–Crippen MR) is 52.0 cm³/mol. The van der Waals surface area contributed by atoms with E-state index in [9.17, 15) is 0 Å². The van der Waals surface area contributed by atoms with E-state index >= 15 is 0 Å². The lowest BCUT2D eigenvalue weighted by Crippen LogP contribution is -2.39. The Hall–Kier alpha value is -0.0400. The van der Waals surface area contributed by atoms with Crippen LogP contribution in [0.25, 0.3) is 0 Å². The van der Waals surface area contributed by atoms with Crippen molar-refractivity contribution in [3.63, 3.8) is 0 Å². The predicted octanol–water partition coefficient (Wildman–Crippen LogP) is 2.28. The van der Waals surface area contributed by atoms with Crippen LogP contribution in [0.3, 0.4) is 0 Å². The average molecular weight is 167 g/mol. The Bertz CT molecular complexity index is 201. The molecule has 0 saturated heterocycles. The van der Waals surface area contributed by atoms with Gasteiger partial charge in [0.05, 0.1) is 0 Å². The molecule has 1 N–H and O–H groups in total. The first-order valence-electron chi connectivity index (χ1n) is 5.28. The third kappa shape index (κ3) is 0.618. The number of fused-ring (bicyclic) bond motifs is 1. The van der Waals surface area contributed by atoms with E-state index in [2.05, 4.69) is 33.1 Å². The van der Waals surface area contributed by atoms with Crippen LogP contribution in [0.15, 0.2) is 0 Å². The minimum atomic E-state index is 0.699. The standard InChI is InChI=1S/C11H21N/c1-5-11-6-9(7-12-4)10(11,3)8(11)2/h8-9,12H,5-7H2,1-4H3. The van der Waals surface area contributed by atoms with Crippen molar-refractivity contribution in [2.45, 2.75) is 33.6 Å². The van der Waals surface area contributed by atoms with Crippen LogP contribution in [0.1, 0.15) is 33.6 Å². The maximum atomic E-state index is 3.31. The Morgan fingerprint density at radius 1 is 1.50 bits per heavy atom. The van der Waals surface area contributed by atoms with Gasteiger partial charge in [-0.1, -0.05) is 20.8 Å². The van der Waals surface area contributed by atoms with Crippen LogP contribution in [0.4, 0.5) is 0 Å². The summed E-state index contributed by atoms with van der Waals surface area (Å²) in [7, 11) is 2.07. The van der Waals surface area contributed by atoms with Crippen molar-refractivity contribution in [1.29, 1.82) is 0 Å². The molecule has 4 atom stereocenters. The Morgan fingerprint density at radius 3 is 2.50 bits per heavy atom. The van der Waals surface area contributed by atoms with Crippen LogP contribution in [0.5, 0.6) is 0 Å². The molecule has 2 saturated carbocycles. The van der Waals surface area contributed by atoms with Crippen LogP contribution < -0.4 is 5.32 Å². The first-order chi connectivity index (χ1) is 5.63. The fourth-order valence-corrected chi connectivity index (χ4v) is 4.09. The SMILES string of the molecule is CCC12CC(CNC)C1(C)C2C. The molecule has 1 heteroatoms. The molecule has 2 fully saturated rings. The number of hydrogen-bond acceptors (Lipinski definition) is 1. The molecule has 2 aliphatic carbocycles. The third-order valence-corrected chi connectivity index (χ3v) is 5.26. The first kappa shape index (κ1) is 8.55. The van der Waals surface area contributed by atoms with Crippen molar-refractivity contribution >= 4 is 0 Å². The summed E-state index contributed by atoms with van der Waals surface area (Å²) < 4.78 is 0. The molecule has 0 heterocycles. The average Bonchev–Trinajstić information content (AvgIpc) is 2.44. The molecular weight excluding hydrogens is 146 g/mol. The van der Waals surface area contributed by atoms with Crippen molar-refractivity contribution in [3.8, 4) is 0 Å². The van der Waals surface area contributed by atoms with E-state index in [-0.39, 0.29) is 0 Å². The molecule has 0 bridgehead atoms. The zero-order valence-corrected chi connectivity index (χ0v) is 8.78. The molecular formula is C11H21N. The summed E-state index contributed by atoms with van der Waals surface area (Å²) in [5.74, 6) is 1.94. The summed E-state index contributed by atoms with van der Waals surface area (Å²) in [5, 5.41) is 3.31. The minimum absolute atomic E-state index is 0.699. The third-order valence-electron chi connectivity index (χ3n) is 5.26. The summed E-state index contributed by atoms with van der Waals surface area (Å²) in [6.45, 7) is 8.52. The Morgan fingerprint density at radius 2 is 2.17 bits per heavy atom. The van der Waals surface area contributed by atoms with Gasteiger partial charge in [0.2, 0.25) is 0 Å². The van der Waals surface area contributed by atoms with Gasteiger partial charge in [-0.05, 0) is 49.1 Å². The van der Waals surface area contributed by atoms with Gasteiger partial charge in [0.1, 0.15) is 0 Å². The van der Waals surface area contributed by atoms with Crippen LogP contribution in [0.2, 0.25) is 0 Å². The molecule has 12 heavy (non-hydrogen) atoms. The van der Waals surface area contributed by atoms with Gasteiger partial charge < -0.3 is 5.32 Å². The van der Waals surface area contributed by atoms with Gasteiger partial charge in [0.25, 0.3) is 0 Å². The molecule has 0 aliphatic heterocycles. The lowest BCUT2D eigenvalue weighted by Gasteiger charge is -2.41. The number of nitrogens with one attached hydrogen (secondary N) is 1. The lowest BCUT2D eigenvalue weighted by atomic mass is 9.65.